The topological polar surface area (TPSA) is 15.3 Å². The lowest BCUT2D eigenvalue weighted by Gasteiger charge is -2.46. The minimum atomic E-state index is -0.133. The SMILES string of the molecule is CC1(C)C2=CC(C3=C4C=C(N(C5C=CC=CC5)C5C=CC(C(C)(C)C)CC5)CCC4=C(C4C=C5C(=CC4)c4cc6ccccc6cc4C5(C)C)C4CC(Nc5ccc6c(c5)C(C)(C)C5=C6C=CC6C=CC=CC56)=CC=C34)CC=C2c2cc3ccccc3cc21. The van der Waals surface area contributed by atoms with Crippen LogP contribution in [0.3, 0.4) is 0 Å². The zero-order valence-electron chi connectivity index (χ0n) is 53.9. The van der Waals surface area contributed by atoms with Gasteiger partial charge in [-0.1, -0.05) is 226 Å². The van der Waals surface area contributed by atoms with Crippen molar-refractivity contribution < 1.29 is 0 Å². The third-order valence-electron chi connectivity index (χ3n) is 23.8. The zero-order valence-corrected chi connectivity index (χ0v) is 53.9. The van der Waals surface area contributed by atoms with Crippen LogP contribution in [0.5, 0.6) is 0 Å². The summed E-state index contributed by atoms with van der Waals surface area (Å²) in [6, 6.07) is 36.0. The highest BCUT2D eigenvalue weighted by molar-refractivity contribution is 5.99. The maximum atomic E-state index is 4.19. The van der Waals surface area contributed by atoms with E-state index in [-0.39, 0.29) is 39.4 Å². The Morgan fingerprint density at radius 2 is 1.21 bits per heavy atom. The Balaban J connectivity index is 0.837. The van der Waals surface area contributed by atoms with Crippen molar-refractivity contribution in [2.45, 2.75) is 142 Å². The molecule has 0 amide bonds. The first-order valence-electron chi connectivity index (χ1n) is 34.0. The molecule has 8 atom stereocenters. The van der Waals surface area contributed by atoms with Gasteiger partial charge in [0.25, 0.3) is 0 Å². The molecule has 12 aliphatic carbocycles. The molecule has 2 heteroatoms. The Labute approximate surface area is 529 Å². The van der Waals surface area contributed by atoms with Gasteiger partial charge in [0.2, 0.25) is 0 Å². The van der Waals surface area contributed by atoms with E-state index >= 15 is 0 Å². The van der Waals surface area contributed by atoms with E-state index < -0.39 is 0 Å². The van der Waals surface area contributed by atoms with Gasteiger partial charge >= 0.3 is 0 Å². The summed E-state index contributed by atoms with van der Waals surface area (Å²) in [6.45, 7) is 22.2. The molecule has 1 N–H and O–H groups in total. The first-order valence-corrected chi connectivity index (χ1v) is 34.0. The lowest BCUT2D eigenvalue weighted by Crippen LogP contribution is -2.43. The molecule has 2 nitrogen and oxygen atoms in total. The van der Waals surface area contributed by atoms with Crippen LogP contribution in [-0.4, -0.2) is 17.0 Å². The number of hydrogen-bond donors (Lipinski definition) is 1. The predicted molar refractivity (Wildman–Crippen MR) is 376 cm³/mol. The first kappa shape index (κ1) is 55.2. The van der Waals surface area contributed by atoms with Crippen molar-refractivity contribution in [1.82, 2.24) is 4.90 Å². The second kappa shape index (κ2) is 20.0. The van der Waals surface area contributed by atoms with Gasteiger partial charge in [0.1, 0.15) is 0 Å². The van der Waals surface area contributed by atoms with Crippen LogP contribution < -0.4 is 5.32 Å². The van der Waals surface area contributed by atoms with Crippen LogP contribution in [0.2, 0.25) is 0 Å². The molecule has 5 aromatic rings. The summed E-state index contributed by atoms with van der Waals surface area (Å²) in [6.07, 6.45) is 56.1. The van der Waals surface area contributed by atoms with Crippen molar-refractivity contribution in [3.05, 3.63) is 296 Å². The molecule has 0 aliphatic heterocycles. The van der Waals surface area contributed by atoms with E-state index in [9.17, 15) is 0 Å². The van der Waals surface area contributed by atoms with Crippen molar-refractivity contribution in [3.8, 4) is 0 Å². The highest BCUT2D eigenvalue weighted by Gasteiger charge is 2.48. The molecule has 0 aromatic heterocycles. The van der Waals surface area contributed by atoms with Crippen molar-refractivity contribution >= 4 is 44.0 Å². The number of nitrogens with one attached hydrogen (secondary N) is 1. The number of fused-ring (bicyclic) bond motifs is 14. The molecule has 0 bridgehead atoms. The smallest absolute Gasteiger partial charge is 0.0513 e. The van der Waals surface area contributed by atoms with E-state index in [0.29, 0.717) is 29.8 Å². The van der Waals surface area contributed by atoms with Gasteiger partial charge in [-0.3, -0.25) is 0 Å². The molecular formula is C87H86N2. The van der Waals surface area contributed by atoms with Gasteiger partial charge in [-0.15, -0.1) is 0 Å². The molecule has 8 unspecified atom stereocenters. The van der Waals surface area contributed by atoms with Crippen LogP contribution in [0.15, 0.2) is 262 Å². The normalized spacial score (nSPS) is 28.5. The Bertz CT molecular complexity index is 4500. The highest BCUT2D eigenvalue weighted by atomic mass is 15.2. The summed E-state index contributed by atoms with van der Waals surface area (Å²) in [4.78, 5) is 2.90. The molecule has 0 saturated heterocycles. The summed E-state index contributed by atoms with van der Waals surface area (Å²) in [5.41, 5.74) is 29.4. The molecule has 0 fully saturated rings. The highest BCUT2D eigenvalue weighted by Crippen LogP contribution is 2.61. The van der Waals surface area contributed by atoms with Crippen LogP contribution >= 0.6 is 0 Å². The number of benzene rings is 5. The largest absolute Gasteiger partial charge is 0.362 e. The average molecular weight is 1160 g/mol. The Morgan fingerprint density at radius 1 is 0.562 bits per heavy atom. The Kier molecular flexibility index (Phi) is 12.4. The summed E-state index contributed by atoms with van der Waals surface area (Å²) in [7, 11) is 0. The molecule has 0 saturated carbocycles. The van der Waals surface area contributed by atoms with Gasteiger partial charge in [-0.25, -0.2) is 0 Å². The first-order chi connectivity index (χ1) is 43.0. The van der Waals surface area contributed by atoms with E-state index in [2.05, 4.69) is 279 Å². The number of nitrogens with zero attached hydrogens (tertiary/aromatic N) is 1. The molecule has 0 radical (unpaired) electrons. The summed E-state index contributed by atoms with van der Waals surface area (Å²) >= 11 is 0. The van der Waals surface area contributed by atoms with Crippen LogP contribution in [0.1, 0.15) is 147 Å². The van der Waals surface area contributed by atoms with Gasteiger partial charge in [0, 0.05) is 69.0 Å². The van der Waals surface area contributed by atoms with E-state index in [1.54, 1.807) is 22.3 Å². The standard InChI is InChI=1S/C87H86N2/c1-84(2,3)59-30-34-63(35-31-59)89(62-24-11-10-12-25-62)64-36-42-70-75(51-64)82(58-29-38-68-73-44-54-21-14-16-23-56(54)46-79(73)86(6,7)77(68)48-58)69-41-33-60(88-61-32-40-66-71-39-27-52-19-17-18-26-65(52)83(71)87(8,9)80(66)50-61)49-74(69)81(70)57-28-37-67-72-43-53-20-13-15-22-55(53)45-78(72)85(4,5)76(67)47-57/h10-24,26-27,30,32-34,37-41,43-48,50-52,57-59,62-63,65,74,88H,25,28-29,31,35-36,42,49H2,1-9H3. The zero-order chi connectivity index (χ0) is 60.5. The number of allylic oxidation sites excluding steroid dienone is 29. The molecule has 89 heavy (non-hydrogen) atoms. The maximum absolute atomic E-state index is 4.19. The molecular weight excluding hydrogens is 1070 g/mol. The Morgan fingerprint density at radius 3 is 1.88 bits per heavy atom. The fraction of sp³-hybridized carbons (Fsp3) is 0.333. The van der Waals surface area contributed by atoms with Crippen LogP contribution in [0, 0.1) is 40.9 Å². The van der Waals surface area contributed by atoms with Crippen LogP contribution in [0.25, 0.3) is 38.3 Å². The molecule has 444 valence electrons. The van der Waals surface area contributed by atoms with Crippen molar-refractivity contribution in [3.63, 3.8) is 0 Å². The number of anilines is 1. The quantitative estimate of drug-likeness (QED) is 0.163. The Hall–Kier alpha value is -7.94. The molecule has 0 spiro atoms. The van der Waals surface area contributed by atoms with Crippen LogP contribution in [-0.2, 0) is 16.2 Å². The predicted octanol–water partition coefficient (Wildman–Crippen LogP) is 21.7. The summed E-state index contributed by atoms with van der Waals surface area (Å²) in [5.74, 6) is 2.10. The van der Waals surface area contributed by atoms with Gasteiger partial charge < -0.3 is 10.2 Å². The van der Waals surface area contributed by atoms with Crippen molar-refractivity contribution in [2.24, 2.45) is 40.9 Å². The van der Waals surface area contributed by atoms with Gasteiger partial charge in [-0.05, 0) is 222 Å². The summed E-state index contributed by atoms with van der Waals surface area (Å²) in [5, 5.41) is 9.51. The van der Waals surface area contributed by atoms with Crippen molar-refractivity contribution in [2.75, 3.05) is 5.32 Å². The van der Waals surface area contributed by atoms with E-state index in [4.69, 9.17) is 0 Å². The monoisotopic (exact) mass is 1160 g/mol. The van der Waals surface area contributed by atoms with E-state index in [1.807, 2.05) is 0 Å². The minimum absolute atomic E-state index is 0.0849. The fourth-order valence-corrected chi connectivity index (χ4v) is 19.2. The number of hydrogen-bond acceptors (Lipinski definition) is 2. The third-order valence-corrected chi connectivity index (χ3v) is 23.8. The molecule has 12 aliphatic rings. The average Bonchev–Trinajstić information content (AvgIpc) is 1.76. The van der Waals surface area contributed by atoms with E-state index in [1.165, 1.54) is 124 Å². The third kappa shape index (κ3) is 8.54. The fourth-order valence-electron chi connectivity index (χ4n) is 19.2. The minimum Gasteiger partial charge on any atom is -0.362 e. The van der Waals surface area contributed by atoms with Gasteiger partial charge in [0.15, 0.2) is 0 Å². The summed E-state index contributed by atoms with van der Waals surface area (Å²) < 4.78 is 0. The maximum Gasteiger partial charge on any atom is 0.0513 e. The lowest BCUT2D eigenvalue weighted by atomic mass is 9.61. The molecule has 5 aromatic carbocycles. The molecule has 0 heterocycles. The van der Waals surface area contributed by atoms with Crippen LogP contribution in [0.4, 0.5) is 5.69 Å². The second-order valence-corrected chi connectivity index (χ2v) is 30.9. The second-order valence-electron chi connectivity index (χ2n) is 30.9. The number of rotatable bonds is 7. The van der Waals surface area contributed by atoms with E-state index in [0.717, 1.165) is 38.5 Å². The molecule has 17 rings (SSSR count). The van der Waals surface area contributed by atoms with Gasteiger partial charge in [0.05, 0.1) is 6.04 Å². The van der Waals surface area contributed by atoms with Crippen molar-refractivity contribution in [1.29, 1.82) is 0 Å². The lowest BCUT2D eigenvalue weighted by molar-refractivity contribution is 0.187. The van der Waals surface area contributed by atoms with Gasteiger partial charge in [-0.2, -0.15) is 0 Å².